The maximum Gasteiger partial charge on any atom is 0.410 e. The normalized spacial score (nSPS) is 11.4. The second kappa shape index (κ2) is 7.33. The van der Waals surface area contributed by atoms with Crippen molar-refractivity contribution in [3.63, 3.8) is 0 Å². The van der Waals surface area contributed by atoms with Crippen LogP contribution < -0.4 is 0 Å². The number of aromatic amines is 1. The number of aromatic nitrogens is 1. The second-order valence-electron chi connectivity index (χ2n) is 6.30. The van der Waals surface area contributed by atoms with Gasteiger partial charge < -0.3 is 19.4 Å². The predicted molar refractivity (Wildman–Crippen MR) is 83.7 cm³/mol. The number of amides is 1. The van der Waals surface area contributed by atoms with Crippen LogP contribution in [0.5, 0.6) is 0 Å². The third-order valence-electron chi connectivity index (χ3n) is 2.90. The zero-order chi connectivity index (χ0) is 16.9. The van der Waals surface area contributed by atoms with Crippen molar-refractivity contribution in [1.29, 1.82) is 0 Å². The van der Waals surface area contributed by atoms with Gasteiger partial charge in [0.15, 0.2) is 0 Å². The third-order valence-corrected chi connectivity index (χ3v) is 2.90. The Hall–Kier alpha value is -1.98. The monoisotopic (exact) mass is 310 g/mol. The summed E-state index contributed by atoms with van der Waals surface area (Å²) in [5, 5.41) is 0. The molecule has 1 rings (SSSR count). The lowest BCUT2D eigenvalue weighted by atomic mass is 10.2. The Kier molecular flexibility index (Phi) is 6.02. The van der Waals surface area contributed by atoms with Crippen LogP contribution in [0.3, 0.4) is 0 Å². The smallest absolute Gasteiger partial charge is 0.410 e. The molecule has 1 aromatic rings. The first-order chi connectivity index (χ1) is 10.2. The molecule has 0 unspecified atom stereocenters. The molecule has 1 heterocycles. The summed E-state index contributed by atoms with van der Waals surface area (Å²) < 4.78 is 10.4. The van der Waals surface area contributed by atoms with Crippen LogP contribution in [0.4, 0.5) is 4.79 Å². The largest absolute Gasteiger partial charge is 0.461 e. The number of carbonyl (C=O) groups is 2. The van der Waals surface area contributed by atoms with Crippen molar-refractivity contribution in [2.24, 2.45) is 0 Å². The van der Waals surface area contributed by atoms with Gasteiger partial charge in [-0.2, -0.15) is 0 Å². The Morgan fingerprint density at radius 1 is 1.32 bits per heavy atom. The number of carbonyl (C=O) groups excluding carboxylic acids is 2. The van der Waals surface area contributed by atoms with Crippen molar-refractivity contribution in [1.82, 2.24) is 9.88 Å². The van der Waals surface area contributed by atoms with E-state index in [1.807, 2.05) is 34.6 Å². The summed E-state index contributed by atoms with van der Waals surface area (Å²) in [6, 6.07) is 1.71. The SMILES string of the molecule is CCOC(=O)c1[nH]ccc1CN(C(=O)OC(C)(C)C)C(C)C. The first kappa shape index (κ1) is 18.1. The molecule has 0 aliphatic rings. The quantitative estimate of drug-likeness (QED) is 0.847. The molecule has 0 atom stereocenters. The summed E-state index contributed by atoms with van der Waals surface area (Å²) in [7, 11) is 0. The van der Waals surface area contributed by atoms with Gasteiger partial charge in [-0.15, -0.1) is 0 Å². The van der Waals surface area contributed by atoms with E-state index in [0.717, 1.165) is 0 Å². The maximum absolute atomic E-state index is 12.3. The van der Waals surface area contributed by atoms with Crippen LogP contribution in [0.15, 0.2) is 12.3 Å². The number of rotatable bonds is 5. The molecule has 6 nitrogen and oxygen atoms in total. The molecular formula is C16H26N2O4. The molecule has 0 spiro atoms. The topological polar surface area (TPSA) is 71.6 Å². The summed E-state index contributed by atoms with van der Waals surface area (Å²) in [4.78, 5) is 28.6. The molecule has 0 radical (unpaired) electrons. The van der Waals surface area contributed by atoms with Crippen molar-refractivity contribution < 1.29 is 19.1 Å². The Balaban J connectivity index is 2.91. The molecule has 0 saturated carbocycles. The van der Waals surface area contributed by atoms with Crippen molar-refractivity contribution in [3.8, 4) is 0 Å². The van der Waals surface area contributed by atoms with Crippen LogP contribution >= 0.6 is 0 Å². The van der Waals surface area contributed by atoms with Crippen molar-refractivity contribution in [3.05, 3.63) is 23.5 Å². The molecule has 1 amide bonds. The van der Waals surface area contributed by atoms with E-state index in [1.165, 1.54) is 0 Å². The molecule has 0 aromatic carbocycles. The van der Waals surface area contributed by atoms with Gasteiger partial charge in [0, 0.05) is 17.8 Å². The van der Waals surface area contributed by atoms with E-state index in [0.29, 0.717) is 17.9 Å². The fraction of sp³-hybridized carbons (Fsp3) is 0.625. The van der Waals surface area contributed by atoms with Crippen LogP contribution in [-0.4, -0.2) is 40.2 Å². The highest BCUT2D eigenvalue weighted by molar-refractivity contribution is 5.89. The van der Waals surface area contributed by atoms with Gasteiger partial charge in [0.25, 0.3) is 0 Å². The number of nitrogens with one attached hydrogen (secondary N) is 1. The third kappa shape index (κ3) is 5.09. The predicted octanol–water partition coefficient (Wildman–Crippen LogP) is 3.34. The molecule has 0 aliphatic heterocycles. The lowest BCUT2D eigenvalue weighted by Gasteiger charge is -2.30. The van der Waals surface area contributed by atoms with E-state index in [1.54, 1.807) is 24.1 Å². The van der Waals surface area contributed by atoms with Gasteiger partial charge in [0.05, 0.1) is 13.2 Å². The van der Waals surface area contributed by atoms with Crippen LogP contribution in [0.2, 0.25) is 0 Å². The highest BCUT2D eigenvalue weighted by Gasteiger charge is 2.26. The van der Waals surface area contributed by atoms with E-state index in [4.69, 9.17) is 9.47 Å². The van der Waals surface area contributed by atoms with Gasteiger partial charge in [-0.25, -0.2) is 9.59 Å². The van der Waals surface area contributed by atoms with E-state index in [-0.39, 0.29) is 12.6 Å². The zero-order valence-corrected chi connectivity index (χ0v) is 14.2. The number of esters is 1. The summed E-state index contributed by atoms with van der Waals surface area (Å²) in [6.07, 6.45) is 1.26. The number of ether oxygens (including phenoxy) is 2. The van der Waals surface area contributed by atoms with Crippen molar-refractivity contribution in [2.75, 3.05) is 6.61 Å². The second-order valence-corrected chi connectivity index (χ2v) is 6.30. The lowest BCUT2D eigenvalue weighted by molar-refractivity contribution is 0.0169. The first-order valence-corrected chi connectivity index (χ1v) is 7.48. The van der Waals surface area contributed by atoms with E-state index < -0.39 is 17.7 Å². The molecule has 0 fully saturated rings. The van der Waals surface area contributed by atoms with Crippen LogP contribution in [0.1, 0.15) is 57.6 Å². The first-order valence-electron chi connectivity index (χ1n) is 7.48. The molecule has 1 aromatic heterocycles. The molecule has 0 aliphatic carbocycles. The van der Waals surface area contributed by atoms with Crippen LogP contribution in [0.25, 0.3) is 0 Å². The Labute approximate surface area is 131 Å². The summed E-state index contributed by atoms with van der Waals surface area (Å²) in [5.41, 5.74) is 0.515. The van der Waals surface area contributed by atoms with E-state index in [9.17, 15) is 9.59 Å². The average molecular weight is 310 g/mol. The summed E-state index contributed by atoms with van der Waals surface area (Å²) in [5.74, 6) is -0.421. The van der Waals surface area contributed by atoms with Gasteiger partial charge in [-0.05, 0) is 47.6 Å². The molecule has 124 valence electrons. The maximum atomic E-state index is 12.3. The molecular weight excluding hydrogens is 284 g/mol. The standard InChI is InChI=1S/C16H26N2O4/c1-7-21-14(19)13-12(8-9-17-13)10-18(11(2)3)15(20)22-16(4,5)6/h8-9,11,17H,7,10H2,1-6H3. The summed E-state index contributed by atoms with van der Waals surface area (Å²) >= 11 is 0. The number of H-pyrrole nitrogens is 1. The fourth-order valence-electron chi connectivity index (χ4n) is 1.89. The van der Waals surface area contributed by atoms with Gasteiger partial charge in [-0.3, -0.25) is 0 Å². The Morgan fingerprint density at radius 2 is 1.95 bits per heavy atom. The molecule has 6 heteroatoms. The number of hydrogen-bond donors (Lipinski definition) is 1. The number of hydrogen-bond acceptors (Lipinski definition) is 4. The fourth-order valence-corrected chi connectivity index (χ4v) is 1.89. The lowest BCUT2D eigenvalue weighted by Crippen LogP contribution is -2.40. The van der Waals surface area contributed by atoms with Gasteiger partial charge >= 0.3 is 12.1 Å². The minimum atomic E-state index is -0.563. The molecule has 0 saturated heterocycles. The Morgan fingerprint density at radius 3 is 2.45 bits per heavy atom. The van der Waals surface area contributed by atoms with Gasteiger partial charge in [-0.1, -0.05) is 0 Å². The average Bonchev–Trinajstić information content (AvgIpc) is 2.81. The Bertz CT molecular complexity index is 514. The zero-order valence-electron chi connectivity index (χ0n) is 14.2. The van der Waals surface area contributed by atoms with Crippen LogP contribution in [-0.2, 0) is 16.0 Å². The highest BCUT2D eigenvalue weighted by Crippen LogP contribution is 2.17. The minimum absolute atomic E-state index is 0.0557. The van der Waals surface area contributed by atoms with E-state index >= 15 is 0 Å². The van der Waals surface area contributed by atoms with Crippen molar-refractivity contribution >= 4 is 12.1 Å². The molecule has 1 N–H and O–H groups in total. The van der Waals surface area contributed by atoms with Crippen LogP contribution in [0, 0.1) is 0 Å². The molecule has 0 bridgehead atoms. The highest BCUT2D eigenvalue weighted by atomic mass is 16.6. The van der Waals surface area contributed by atoms with Gasteiger partial charge in [0.1, 0.15) is 11.3 Å². The van der Waals surface area contributed by atoms with Crippen molar-refractivity contribution in [2.45, 2.75) is 59.7 Å². The van der Waals surface area contributed by atoms with Gasteiger partial charge in [0.2, 0.25) is 0 Å². The number of nitrogens with zero attached hydrogens (tertiary/aromatic N) is 1. The van der Waals surface area contributed by atoms with E-state index in [2.05, 4.69) is 4.98 Å². The summed E-state index contributed by atoms with van der Waals surface area (Å²) in [6.45, 7) is 11.6. The minimum Gasteiger partial charge on any atom is -0.461 e. The molecule has 22 heavy (non-hydrogen) atoms.